The van der Waals surface area contributed by atoms with Gasteiger partial charge in [0.1, 0.15) is 0 Å². The molecule has 0 saturated carbocycles. The minimum Gasteiger partial charge on any atom is -0.324 e. The van der Waals surface area contributed by atoms with Gasteiger partial charge in [0, 0.05) is 8.95 Å². The van der Waals surface area contributed by atoms with Gasteiger partial charge in [0.2, 0.25) is 5.91 Å². The van der Waals surface area contributed by atoms with E-state index >= 15 is 0 Å². The average molecular weight is 319 g/mol. The highest BCUT2D eigenvalue weighted by Gasteiger charge is 2.39. The lowest BCUT2D eigenvalue weighted by Crippen LogP contribution is -2.26. The number of hydrogen-bond acceptors (Lipinski definition) is 1. The molecule has 1 aromatic carbocycles. The van der Waals surface area contributed by atoms with E-state index in [1.807, 2.05) is 26.0 Å². The van der Waals surface area contributed by atoms with Gasteiger partial charge in [-0.3, -0.25) is 4.79 Å². The first-order valence-corrected chi connectivity index (χ1v) is 5.82. The lowest BCUT2D eigenvalue weighted by atomic mass is 9.86. The van der Waals surface area contributed by atoms with Crippen molar-refractivity contribution >= 4 is 43.5 Å². The zero-order valence-corrected chi connectivity index (χ0v) is 11.0. The lowest BCUT2D eigenvalue weighted by molar-refractivity contribution is -0.119. The van der Waals surface area contributed by atoms with Gasteiger partial charge in [-0.15, -0.1) is 0 Å². The molecule has 0 aromatic heterocycles. The van der Waals surface area contributed by atoms with Crippen molar-refractivity contribution in [3.05, 3.63) is 26.6 Å². The first-order valence-electron chi connectivity index (χ1n) is 4.24. The molecule has 1 heterocycles. The van der Waals surface area contributed by atoms with Crippen LogP contribution in [0.15, 0.2) is 21.1 Å². The van der Waals surface area contributed by atoms with Crippen LogP contribution in [0.25, 0.3) is 0 Å². The fourth-order valence-electron chi connectivity index (χ4n) is 1.59. The molecule has 0 spiro atoms. The van der Waals surface area contributed by atoms with Gasteiger partial charge in [-0.05, 0) is 47.5 Å². The minimum absolute atomic E-state index is 0.0475. The van der Waals surface area contributed by atoms with Crippen molar-refractivity contribution in [3.63, 3.8) is 0 Å². The van der Waals surface area contributed by atoms with E-state index in [-0.39, 0.29) is 5.91 Å². The standard InChI is InChI=1S/C10H9Br2NO/c1-10(2)6-3-5(11)4-7(12)8(6)13-9(10)14/h3-4H,1-2H3,(H,13,14). The number of fused-ring (bicyclic) bond motifs is 1. The average Bonchev–Trinajstić information content (AvgIpc) is 2.28. The molecule has 0 bridgehead atoms. The van der Waals surface area contributed by atoms with E-state index in [9.17, 15) is 4.79 Å². The molecule has 0 radical (unpaired) electrons. The molecule has 0 saturated heterocycles. The van der Waals surface area contributed by atoms with Crippen LogP contribution in [-0.2, 0) is 10.2 Å². The van der Waals surface area contributed by atoms with Gasteiger partial charge in [-0.25, -0.2) is 0 Å². The van der Waals surface area contributed by atoms with Gasteiger partial charge in [0.05, 0.1) is 11.1 Å². The van der Waals surface area contributed by atoms with Crippen molar-refractivity contribution in [3.8, 4) is 0 Å². The number of halogens is 2. The van der Waals surface area contributed by atoms with E-state index in [0.717, 1.165) is 20.2 Å². The van der Waals surface area contributed by atoms with Crippen LogP contribution in [0.5, 0.6) is 0 Å². The molecule has 1 aromatic rings. The number of amides is 1. The van der Waals surface area contributed by atoms with Crippen LogP contribution in [0.1, 0.15) is 19.4 Å². The summed E-state index contributed by atoms with van der Waals surface area (Å²) in [5, 5.41) is 2.88. The Kier molecular flexibility index (Phi) is 2.23. The fourth-order valence-corrected chi connectivity index (χ4v) is 2.91. The normalized spacial score (nSPS) is 17.9. The predicted molar refractivity (Wildman–Crippen MR) is 63.5 cm³/mol. The Balaban J connectivity index is 2.71. The molecule has 0 atom stereocenters. The van der Waals surface area contributed by atoms with Gasteiger partial charge in [-0.1, -0.05) is 15.9 Å². The lowest BCUT2D eigenvalue weighted by Gasteiger charge is -2.15. The summed E-state index contributed by atoms with van der Waals surface area (Å²) >= 11 is 6.85. The van der Waals surface area contributed by atoms with Gasteiger partial charge in [0.25, 0.3) is 0 Å². The Morgan fingerprint density at radius 1 is 1.29 bits per heavy atom. The summed E-state index contributed by atoms with van der Waals surface area (Å²) in [6.45, 7) is 3.85. The van der Waals surface area contributed by atoms with E-state index < -0.39 is 5.41 Å². The molecule has 74 valence electrons. The van der Waals surface area contributed by atoms with Gasteiger partial charge in [-0.2, -0.15) is 0 Å². The molecule has 0 aliphatic carbocycles. The topological polar surface area (TPSA) is 29.1 Å². The highest BCUT2D eigenvalue weighted by Crippen LogP contribution is 2.43. The van der Waals surface area contributed by atoms with Crippen LogP contribution in [0.4, 0.5) is 5.69 Å². The highest BCUT2D eigenvalue weighted by molar-refractivity contribution is 9.11. The number of carbonyl (C=O) groups excluding carboxylic acids is 1. The molecule has 1 aliphatic heterocycles. The molecule has 2 nitrogen and oxygen atoms in total. The second kappa shape index (κ2) is 3.07. The van der Waals surface area contributed by atoms with Crippen LogP contribution < -0.4 is 5.32 Å². The Labute approximate surface area is 99.3 Å². The van der Waals surface area contributed by atoms with Crippen molar-refractivity contribution in [2.45, 2.75) is 19.3 Å². The Morgan fingerprint density at radius 3 is 2.57 bits per heavy atom. The molecule has 1 N–H and O–H groups in total. The molecule has 14 heavy (non-hydrogen) atoms. The number of benzene rings is 1. The molecule has 0 unspecified atom stereocenters. The monoisotopic (exact) mass is 317 g/mol. The SMILES string of the molecule is CC1(C)C(=O)Nc2c(Br)cc(Br)cc21. The van der Waals surface area contributed by atoms with Crippen molar-refractivity contribution < 1.29 is 4.79 Å². The molecule has 0 fully saturated rings. The van der Waals surface area contributed by atoms with Crippen LogP contribution in [0, 0.1) is 0 Å². The Hall–Kier alpha value is -0.350. The van der Waals surface area contributed by atoms with Crippen molar-refractivity contribution in [2.24, 2.45) is 0 Å². The first-order chi connectivity index (χ1) is 6.43. The van der Waals surface area contributed by atoms with Crippen LogP contribution >= 0.6 is 31.9 Å². The maximum atomic E-state index is 11.7. The highest BCUT2D eigenvalue weighted by atomic mass is 79.9. The second-order valence-electron chi connectivity index (χ2n) is 3.89. The van der Waals surface area contributed by atoms with Crippen molar-refractivity contribution in [2.75, 3.05) is 5.32 Å². The van der Waals surface area contributed by atoms with Crippen molar-refractivity contribution in [1.29, 1.82) is 0 Å². The first kappa shape index (κ1) is 10.2. The maximum absolute atomic E-state index is 11.7. The summed E-state index contributed by atoms with van der Waals surface area (Å²) in [4.78, 5) is 11.7. The van der Waals surface area contributed by atoms with Gasteiger partial charge >= 0.3 is 0 Å². The molecule has 1 amide bonds. The van der Waals surface area contributed by atoms with Crippen LogP contribution in [0.3, 0.4) is 0 Å². The van der Waals surface area contributed by atoms with Crippen LogP contribution in [0.2, 0.25) is 0 Å². The van der Waals surface area contributed by atoms with Crippen LogP contribution in [-0.4, -0.2) is 5.91 Å². The van der Waals surface area contributed by atoms with E-state index in [2.05, 4.69) is 37.2 Å². The maximum Gasteiger partial charge on any atom is 0.234 e. The van der Waals surface area contributed by atoms with Gasteiger partial charge < -0.3 is 5.32 Å². The third kappa shape index (κ3) is 1.32. The predicted octanol–water partition coefficient (Wildman–Crippen LogP) is 3.44. The fraction of sp³-hybridized carbons (Fsp3) is 0.300. The van der Waals surface area contributed by atoms with Crippen molar-refractivity contribution in [1.82, 2.24) is 0 Å². The number of anilines is 1. The smallest absolute Gasteiger partial charge is 0.234 e. The quantitative estimate of drug-likeness (QED) is 0.780. The molecular formula is C10H9Br2NO. The number of nitrogens with one attached hydrogen (secondary N) is 1. The summed E-state index contributed by atoms with van der Waals surface area (Å²) in [6.07, 6.45) is 0. The zero-order valence-electron chi connectivity index (χ0n) is 7.82. The van der Waals surface area contributed by atoms with E-state index in [4.69, 9.17) is 0 Å². The summed E-state index contributed by atoms with van der Waals surface area (Å²) in [6, 6.07) is 3.92. The summed E-state index contributed by atoms with van der Waals surface area (Å²) in [5.41, 5.74) is 1.48. The third-order valence-electron chi connectivity index (χ3n) is 2.53. The Bertz CT molecular complexity index is 426. The summed E-state index contributed by atoms with van der Waals surface area (Å²) in [5.74, 6) is 0.0475. The third-order valence-corrected chi connectivity index (χ3v) is 3.62. The van der Waals surface area contributed by atoms with Gasteiger partial charge in [0.15, 0.2) is 0 Å². The van der Waals surface area contributed by atoms with E-state index in [1.165, 1.54) is 0 Å². The molecule has 2 rings (SSSR count). The molecule has 4 heteroatoms. The van der Waals surface area contributed by atoms with E-state index in [0.29, 0.717) is 0 Å². The van der Waals surface area contributed by atoms with E-state index in [1.54, 1.807) is 0 Å². The summed E-state index contributed by atoms with van der Waals surface area (Å²) < 4.78 is 1.90. The summed E-state index contributed by atoms with van der Waals surface area (Å²) in [7, 11) is 0. The second-order valence-corrected chi connectivity index (χ2v) is 5.66. The minimum atomic E-state index is -0.443. The number of carbonyl (C=O) groups is 1. The largest absolute Gasteiger partial charge is 0.324 e. The molecule has 1 aliphatic rings. The number of rotatable bonds is 0. The molecular weight excluding hydrogens is 310 g/mol. The number of hydrogen-bond donors (Lipinski definition) is 1. The zero-order chi connectivity index (χ0) is 10.5. The Morgan fingerprint density at radius 2 is 1.93 bits per heavy atom.